The smallest absolute Gasteiger partial charge is 0.281 e. The summed E-state index contributed by atoms with van der Waals surface area (Å²) in [6, 6.07) is 4.88. The number of anilines is 1. The molecule has 1 aliphatic rings. The molecule has 0 saturated carbocycles. The van der Waals surface area contributed by atoms with E-state index in [1.54, 1.807) is 29.7 Å². The highest BCUT2D eigenvalue weighted by Gasteiger charge is 2.30. The van der Waals surface area contributed by atoms with Crippen molar-refractivity contribution < 1.29 is 13.2 Å². The number of amides is 1. The van der Waals surface area contributed by atoms with Crippen molar-refractivity contribution in [3.63, 3.8) is 0 Å². The van der Waals surface area contributed by atoms with Crippen molar-refractivity contribution >= 4 is 44.2 Å². The second-order valence-electron chi connectivity index (χ2n) is 7.02. The van der Waals surface area contributed by atoms with E-state index in [1.165, 1.54) is 17.2 Å². The van der Waals surface area contributed by atoms with Gasteiger partial charge in [0, 0.05) is 10.7 Å². The zero-order valence-corrected chi connectivity index (χ0v) is 17.1. The van der Waals surface area contributed by atoms with E-state index in [9.17, 15) is 18.0 Å². The number of halogens is 1. The van der Waals surface area contributed by atoms with Gasteiger partial charge in [-0.2, -0.15) is 0 Å². The molecule has 1 unspecified atom stereocenters. The van der Waals surface area contributed by atoms with Crippen LogP contribution < -0.4 is 10.9 Å². The van der Waals surface area contributed by atoms with Gasteiger partial charge in [0.2, 0.25) is 5.91 Å². The molecule has 0 radical (unpaired) electrons. The van der Waals surface area contributed by atoms with Gasteiger partial charge in [0.25, 0.3) is 5.56 Å². The molecule has 1 aromatic carbocycles. The van der Waals surface area contributed by atoms with Gasteiger partial charge in [0.15, 0.2) is 21.0 Å². The average Bonchev–Trinajstić information content (AvgIpc) is 3.24. The number of rotatable bonds is 4. The number of imidazole rings is 1. The number of benzene rings is 1. The Morgan fingerprint density at radius 2 is 2.10 bits per heavy atom. The first-order chi connectivity index (χ1) is 13.7. The summed E-state index contributed by atoms with van der Waals surface area (Å²) in [4.78, 5) is 33.5. The Bertz CT molecular complexity index is 1280. The fourth-order valence-corrected chi connectivity index (χ4v) is 5.29. The number of carbonyl (C=O) groups excluding carboxylic acids is 1. The second kappa shape index (κ2) is 7.27. The van der Waals surface area contributed by atoms with Gasteiger partial charge >= 0.3 is 0 Å². The summed E-state index contributed by atoms with van der Waals surface area (Å²) in [5.74, 6) is -0.290. The maximum Gasteiger partial charge on any atom is 0.281 e. The molecule has 152 valence electrons. The van der Waals surface area contributed by atoms with Crippen LogP contribution in [0.4, 0.5) is 5.69 Å². The Morgan fingerprint density at radius 3 is 2.83 bits per heavy atom. The molecule has 1 fully saturated rings. The molecule has 2 aromatic heterocycles. The summed E-state index contributed by atoms with van der Waals surface area (Å²) in [5.41, 5.74) is 1.25. The highest BCUT2D eigenvalue weighted by Crippen LogP contribution is 2.26. The molecule has 1 N–H and O–H groups in total. The van der Waals surface area contributed by atoms with Crippen LogP contribution in [0.1, 0.15) is 18.0 Å². The fraction of sp³-hybridized carbons (Fsp3) is 0.333. The van der Waals surface area contributed by atoms with E-state index < -0.39 is 21.3 Å². The van der Waals surface area contributed by atoms with Crippen molar-refractivity contribution in [1.82, 2.24) is 19.1 Å². The van der Waals surface area contributed by atoms with Gasteiger partial charge in [-0.3, -0.25) is 14.2 Å². The number of hydrogen-bond acceptors (Lipinski definition) is 6. The molecule has 1 aliphatic heterocycles. The van der Waals surface area contributed by atoms with E-state index in [2.05, 4.69) is 15.3 Å². The Labute approximate surface area is 171 Å². The number of nitrogens with zero attached hydrogens (tertiary/aromatic N) is 4. The fourth-order valence-electron chi connectivity index (χ4n) is 3.41. The summed E-state index contributed by atoms with van der Waals surface area (Å²) >= 11 is 6.06. The average molecular weight is 436 g/mol. The van der Waals surface area contributed by atoms with Crippen LogP contribution in [-0.4, -0.2) is 44.9 Å². The third kappa shape index (κ3) is 3.77. The minimum absolute atomic E-state index is 0.00458. The normalized spacial score (nSPS) is 18.2. The molecular formula is C18H18ClN5O4S. The summed E-state index contributed by atoms with van der Waals surface area (Å²) in [6.07, 6.45) is 3.17. The van der Waals surface area contributed by atoms with E-state index in [4.69, 9.17) is 11.6 Å². The molecule has 0 spiro atoms. The van der Waals surface area contributed by atoms with Crippen LogP contribution in [0.25, 0.3) is 11.2 Å². The molecular weight excluding hydrogens is 418 g/mol. The predicted octanol–water partition coefficient (Wildman–Crippen LogP) is 1.55. The van der Waals surface area contributed by atoms with Crippen LogP contribution >= 0.6 is 11.6 Å². The van der Waals surface area contributed by atoms with E-state index in [0.717, 1.165) is 5.56 Å². The van der Waals surface area contributed by atoms with E-state index in [1.807, 2.05) is 0 Å². The minimum atomic E-state index is -3.08. The molecule has 0 aliphatic carbocycles. The molecule has 3 aromatic rings. The van der Waals surface area contributed by atoms with Crippen molar-refractivity contribution in [3.05, 3.63) is 51.8 Å². The summed E-state index contributed by atoms with van der Waals surface area (Å²) in [6.45, 7) is 1.55. The van der Waals surface area contributed by atoms with Gasteiger partial charge in [0.05, 0.1) is 23.9 Å². The maximum absolute atomic E-state index is 12.7. The van der Waals surface area contributed by atoms with Gasteiger partial charge in [-0.05, 0) is 31.0 Å². The van der Waals surface area contributed by atoms with E-state index >= 15 is 0 Å². The predicted molar refractivity (Wildman–Crippen MR) is 109 cm³/mol. The zero-order valence-electron chi connectivity index (χ0n) is 15.5. The van der Waals surface area contributed by atoms with Crippen LogP contribution in [0.3, 0.4) is 0 Å². The van der Waals surface area contributed by atoms with Gasteiger partial charge in [-0.25, -0.2) is 18.4 Å². The number of fused-ring (bicyclic) bond motifs is 1. The third-order valence-electron chi connectivity index (χ3n) is 5.01. The lowest BCUT2D eigenvalue weighted by Gasteiger charge is -2.11. The van der Waals surface area contributed by atoms with Crippen LogP contribution in [0, 0.1) is 6.92 Å². The first kappa shape index (κ1) is 19.6. The third-order valence-corrected chi connectivity index (χ3v) is 7.17. The van der Waals surface area contributed by atoms with Gasteiger partial charge < -0.3 is 9.88 Å². The molecule has 1 atom stereocenters. The second-order valence-corrected chi connectivity index (χ2v) is 9.66. The number of nitrogens with one attached hydrogen (secondary N) is 1. The monoisotopic (exact) mass is 435 g/mol. The Hall–Kier alpha value is -2.72. The first-order valence-corrected chi connectivity index (χ1v) is 11.1. The molecule has 4 rings (SSSR count). The molecule has 0 bridgehead atoms. The number of aromatic nitrogens is 4. The SMILES string of the molecule is Cc1c(Cl)cccc1NC(=O)Cn1cnc2c(ncn2C2CCS(=O)(=O)C2)c1=O. The van der Waals surface area contributed by atoms with Crippen molar-refractivity contribution in [2.45, 2.75) is 25.9 Å². The maximum atomic E-state index is 12.7. The van der Waals surface area contributed by atoms with E-state index in [0.29, 0.717) is 22.8 Å². The molecule has 11 heteroatoms. The summed E-state index contributed by atoms with van der Waals surface area (Å²) in [5, 5.41) is 3.26. The molecule has 9 nitrogen and oxygen atoms in total. The lowest BCUT2D eigenvalue weighted by Crippen LogP contribution is -2.28. The van der Waals surface area contributed by atoms with Crippen LogP contribution in [0.2, 0.25) is 5.02 Å². The molecule has 29 heavy (non-hydrogen) atoms. The van der Waals surface area contributed by atoms with Crippen molar-refractivity contribution in [2.75, 3.05) is 16.8 Å². The summed E-state index contributed by atoms with van der Waals surface area (Å²) < 4.78 is 26.3. The Morgan fingerprint density at radius 1 is 1.31 bits per heavy atom. The number of carbonyl (C=O) groups is 1. The van der Waals surface area contributed by atoms with Gasteiger partial charge in [-0.15, -0.1) is 0 Å². The largest absolute Gasteiger partial charge is 0.324 e. The van der Waals surface area contributed by atoms with Crippen molar-refractivity contribution in [2.24, 2.45) is 0 Å². The molecule has 3 heterocycles. The lowest BCUT2D eigenvalue weighted by atomic mass is 10.2. The molecule has 1 saturated heterocycles. The van der Waals surface area contributed by atoms with Gasteiger partial charge in [-0.1, -0.05) is 17.7 Å². The van der Waals surface area contributed by atoms with Crippen LogP contribution in [0.5, 0.6) is 0 Å². The first-order valence-electron chi connectivity index (χ1n) is 8.92. The zero-order chi connectivity index (χ0) is 20.8. The summed E-state index contributed by atoms with van der Waals surface area (Å²) in [7, 11) is -3.08. The minimum Gasteiger partial charge on any atom is -0.324 e. The highest BCUT2D eigenvalue weighted by molar-refractivity contribution is 7.91. The van der Waals surface area contributed by atoms with Crippen molar-refractivity contribution in [1.29, 1.82) is 0 Å². The Balaban J connectivity index is 1.58. The van der Waals surface area contributed by atoms with Crippen LogP contribution in [-0.2, 0) is 21.2 Å². The number of hydrogen-bond donors (Lipinski definition) is 1. The standard InChI is InChI=1S/C18H18ClN5O4S/c1-11-13(19)3-2-4-14(11)22-15(25)7-23-9-21-17-16(18(23)26)20-10-24(17)12-5-6-29(27,28)8-12/h2-4,9-10,12H,5-8H2,1H3,(H,22,25). The van der Waals surface area contributed by atoms with Crippen molar-refractivity contribution in [3.8, 4) is 0 Å². The topological polar surface area (TPSA) is 116 Å². The molecule has 1 amide bonds. The van der Waals surface area contributed by atoms with Gasteiger partial charge in [0.1, 0.15) is 12.9 Å². The Kier molecular flexibility index (Phi) is 4.91. The lowest BCUT2D eigenvalue weighted by molar-refractivity contribution is -0.116. The van der Waals surface area contributed by atoms with Crippen LogP contribution in [0.15, 0.2) is 35.6 Å². The quantitative estimate of drug-likeness (QED) is 0.664. The number of sulfone groups is 1. The van der Waals surface area contributed by atoms with E-state index in [-0.39, 0.29) is 29.6 Å². The highest BCUT2D eigenvalue weighted by atomic mass is 35.5.